The predicted molar refractivity (Wildman–Crippen MR) is 99.9 cm³/mol. The maximum Gasteiger partial charge on any atom is 0.338 e. The topological polar surface area (TPSA) is 52.6 Å². The minimum absolute atomic E-state index is 0.337. The molecule has 0 amide bonds. The summed E-state index contributed by atoms with van der Waals surface area (Å²) in [5.41, 5.74) is 0.928. The van der Waals surface area contributed by atoms with Gasteiger partial charge in [0, 0.05) is 0 Å². The average Bonchev–Trinajstić information content (AvgIpc) is 2.64. The Bertz CT molecular complexity index is 493. The second-order valence-electron chi connectivity index (χ2n) is 6.32. The van der Waals surface area contributed by atoms with Crippen molar-refractivity contribution in [3.63, 3.8) is 0 Å². The minimum atomic E-state index is -0.344. The first-order valence-electron chi connectivity index (χ1n) is 9.63. The van der Waals surface area contributed by atoms with E-state index in [0.29, 0.717) is 24.3 Å². The molecule has 0 spiro atoms. The molecule has 1 rings (SSSR count). The van der Waals surface area contributed by atoms with Crippen LogP contribution in [0.3, 0.4) is 0 Å². The van der Waals surface area contributed by atoms with E-state index in [0.717, 1.165) is 32.1 Å². The molecule has 0 aromatic heterocycles. The van der Waals surface area contributed by atoms with Gasteiger partial charge in [-0.15, -0.1) is 0 Å². The highest BCUT2D eigenvalue weighted by Gasteiger charge is 2.10. The van der Waals surface area contributed by atoms with E-state index in [1.165, 1.54) is 25.7 Å². The summed E-state index contributed by atoms with van der Waals surface area (Å²) in [5, 5.41) is 0. The highest BCUT2D eigenvalue weighted by Crippen LogP contribution is 2.10. The third-order valence-electron chi connectivity index (χ3n) is 4.07. The van der Waals surface area contributed by atoms with Crippen LogP contribution in [0.15, 0.2) is 24.3 Å². The predicted octanol–water partition coefficient (Wildman–Crippen LogP) is 5.55. The van der Waals surface area contributed by atoms with E-state index in [9.17, 15) is 9.59 Å². The van der Waals surface area contributed by atoms with E-state index in [4.69, 9.17) is 9.47 Å². The highest BCUT2D eigenvalue weighted by atomic mass is 16.5. The molecule has 4 heteroatoms. The van der Waals surface area contributed by atoms with Crippen LogP contribution in [0, 0.1) is 0 Å². The van der Waals surface area contributed by atoms with Gasteiger partial charge in [-0.25, -0.2) is 9.59 Å². The van der Waals surface area contributed by atoms with Crippen LogP contribution < -0.4 is 0 Å². The van der Waals surface area contributed by atoms with Crippen LogP contribution in [0.5, 0.6) is 0 Å². The van der Waals surface area contributed by atoms with Gasteiger partial charge in [0.25, 0.3) is 0 Å². The second kappa shape index (κ2) is 13.5. The molecule has 0 bridgehead atoms. The number of esters is 2. The lowest BCUT2D eigenvalue weighted by molar-refractivity contribution is 0.0483. The molecule has 0 saturated heterocycles. The normalized spacial score (nSPS) is 10.5. The van der Waals surface area contributed by atoms with E-state index in [1.54, 1.807) is 24.3 Å². The molecule has 0 aliphatic rings. The first-order valence-corrected chi connectivity index (χ1v) is 9.63. The van der Waals surface area contributed by atoms with Crippen LogP contribution >= 0.6 is 0 Å². The molecule has 0 atom stereocenters. The Morgan fingerprint density at radius 1 is 0.640 bits per heavy atom. The Hall–Kier alpha value is -1.84. The second-order valence-corrected chi connectivity index (χ2v) is 6.32. The Kier molecular flexibility index (Phi) is 11.4. The summed E-state index contributed by atoms with van der Waals surface area (Å²) in [4.78, 5) is 23.8. The quantitative estimate of drug-likeness (QED) is 0.346. The van der Waals surface area contributed by atoms with Crippen molar-refractivity contribution < 1.29 is 19.1 Å². The first kappa shape index (κ1) is 21.2. The van der Waals surface area contributed by atoms with Gasteiger partial charge >= 0.3 is 11.9 Å². The molecule has 0 unspecified atom stereocenters. The standard InChI is InChI=1S/C21H32O4/c1-3-5-7-8-9-11-17-25-21(23)19-14-12-18(13-15-19)20(22)24-16-10-6-4-2/h12-15H,3-11,16-17H2,1-2H3. The molecule has 0 aliphatic carbocycles. The van der Waals surface area contributed by atoms with E-state index in [-0.39, 0.29) is 11.9 Å². The number of carbonyl (C=O) groups excluding carboxylic acids is 2. The first-order chi connectivity index (χ1) is 12.2. The van der Waals surface area contributed by atoms with Crippen molar-refractivity contribution in [2.45, 2.75) is 71.6 Å². The summed E-state index contributed by atoms with van der Waals surface area (Å²) < 4.78 is 10.5. The number of ether oxygens (including phenoxy) is 2. The molecule has 0 radical (unpaired) electrons. The smallest absolute Gasteiger partial charge is 0.338 e. The Morgan fingerprint density at radius 2 is 1.00 bits per heavy atom. The number of hydrogen-bond donors (Lipinski definition) is 0. The van der Waals surface area contributed by atoms with Crippen LogP contribution in [0.2, 0.25) is 0 Å². The molecule has 0 N–H and O–H groups in total. The number of benzene rings is 1. The number of carbonyl (C=O) groups is 2. The molecule has 4 nitrogen and oxygen atoms in total. The van der Waals surface area contributed by atoms with E-state index >= 15 is 0 Å². The fourth-order valence-corrected chi connectivity index (χ4v) is 2.47. The Morgan fingerprint density at radius 3 is 1.48 bits per heavy atom. The van der Waals surface area contributed by atoms with Crippen LogP contribution in [-0.2, 0) is 9.47 Å². The summed E-state index contributed by atoms with van der Waals surface area (Å²) in [5.74, 6) is -0.681. The fraction of sp³-hybridized carbons (Fsp3) is 0.619. The van der Waals surface area contributed by atoms with Gasteiger partial charge in [-0.2, -0.15) is 0 Å². The van der Waals surface area contributed by atoms with Crippen molar-refractivity contribution in [3.8, 4) is 0 Å². The van der Waals surface area contributed by atoms with Gasteiger partial charge < -0.3 is 9.47 Å². The average molecular weight is 348 g/mol. The van der Waals surface area contributed by atoms with Gasteiger partial charge in [-0.05, 0) is 37.1 Å². The molecular weight excluding hydrogens is 316 g/mol. The number of rotatable bonds is 13. The SMILES string of the molecule is CCCCCCCCOC(=O)c1ccc(C(=O)OCCCCC)cc1. The van der Waals surface area contributed by atoms with Crippen molar-refractivity contribution in [2.75, 3.05) is 13.2 Å². The van der Waals surface area contributed by atoms with Gasteiger partial charge in [0.05, 0.1) is 24.3 Å². The third kappa shape index (κ3) is 9.28. The maximum absolute atomic E-state index is 12.0. The van der Waals surface area contributed by atoms with Crippen LogP contribution in [0.4, 0.5) is 0 Å². The zero-order chi connectivity index (χ0) is 18.3. The zero-order valence-electron chi connectivity index (χ0n) is 15.7. The number of unbranched alkanes of at least 4 members (excludes halogenated alkanes) is 7. The van der Waals surface area contributed by atoms with E-state index in [1.807, 2.05) is 0 Å². The minimum Gasteiger partial charge on any atom is -0.462 e. The molecule has 1 aromatic rings. The van der Waals surface area contributed by atoms with Crippen molar-refractivity contribution in [1.29, 1.82) is 0 Å². The van der Waals surface area contributed by atoms with Gasteiger partial charge in [-0.3, -0.25) is 0 Å². The van der Waals surface area contributed by atoms with Crippen molar-refractivity contribution in [2.24, 2.45) is 0 Å². The third-order valence-corrected chi connectivity index (χ3v) is 4.07. The molecule has 0 saturated carbocycles. The molecular formula is C21H32O4. The zero-order valence-corrected chi connectivity index (χ0v) is 15.7. The van der Waals surface area contributed by atoms with Crippen molar-refractivity contribution in [1.82, 2.24) is 0 Å². The summed E-state index contributed by atoms with van der Waals surface area (Å²) in [7, 11) is 0. The lowest BCUT2D eigenvalue weighted by Gasteiger charge is -2.07. The maximum atomic E-state index is 12.0. The fourth-order valence-electron chi connectivity index (χ4n) is 2.47. The van der Waals surface area contributed by atoms with Gasteiger partial charge in [-0.1, -0.05) is 58.8 Å². The summed E-state index contributed by atoms with van der Waals surface area (Å²) >= 11 is 0. The van der Waals surface area contributed by atoms with Crippen LogP contribution in [0.1, 0.15) is 92.4 Å². The monoisotopic (exact) mass is 348 g/mol. The largest absolute Gasteiger partial charge is 0.462 e. The lowest BCUT2D eigenvalue weighted by Crippen LogP contribution is -2.09. The molecule has 0 heterocycles. The Labute approximate surface area is 151 Å². The van der Waals surface area contributed by atoms with Gasteiger partial charge in [0.15, 0.2) is 0 Å². The van der Waals surface area contributed by atoms with Crippen molar-refractivity contribution in [3.05, 3.63) is 35.4 Å². The summed E-state index contributed by atoms with van der Waals surface area (Å²) in [6.45, 7) is 5.19. The van der Waals surface area contributed by atoms with Crippen molar-refractivity contribution >= 4 is 11.9 Å². The molecule has 1 aromatic carbocycles. The molecule has 140 valence electrons. The molecule has 25 heavy (non-hydrogen) atoms. The lowest BCUT2D eigenvalue weighted by atomic mass is 10.1. The molecule has 0 fully saturated rings. The van der Waals surface area contributed by atoms with Crippen LogP contribution in [-0.4, -0.2) is 25.2 Å². The van der Waals surface area contributed by atoms with E-state index in [2.05, 4.69) is 13.8 Å². The molecule has 0 aliphatic heterocycles. The van der Waals surface area contributed by atoms with Gasteiger partial charge in [0.2, 0.25) is 0 Å². The summed E-state index contributed by atoms with van der Waals surface area (Å²) in [6.07, 6.45) is 9.97. The highest BCUT2D eigenvalue weighted by molar-refractivity contribution is 5.93. The van der Waals surface area contributed by atoms with E-state index < -0.39 is 0 Å². The van der Waals surface area contributed by atoms with Gasteiger partial charge in [0.1, 0.15) is 0 Å². The van der Waals surface area contributed by atoms with Crippen LogP contribution in [0.25, 0.3) is 0 Å². The number of hydrogen-bond acceptors (Lipinski definition) is 4. The summed E-state index contributed by atoms with van der Waals surface area (Å²) in [6, 6.07) is 6.46. The Balaban J connectivity index is 2.27.